The van der Waals surface area contributed by atoms with Gasteiger partial charge in [0.25, 0.3) is 17.7 Å². The lowest BCUT2D eigenvalue weighted by Gasteiger charge is -2.16. The van der Waals surface area contributed by atoms with E-state index in [1.165, 1.54) is 54.6 Å². The van der Waals surface area contributed by atoms with Crippen LogP contribution in [0.4, 0.5) is 21.5 Å². The molecule has 0 radical (unpaired) electrons. The van der Waals surface area contributed by atoms with Crippen LogP contribution in [0.3, 0.4) is 0 Å². The minimum atomic E-state index is -0.743. The van der Waals surface area contributed by atoms with E-state index in [1.54, 1.807) is 0 Å². The van der Waals surface area contributed by atoms with Crippen LogP contribution in [0.1, 0.15) is 10.4 Å². The smallest absolute Gasteiger partial charge is 0.283 e. The van der Waals surface area contributed by atoms with Crippen LogP contribution in [0.2, 0.25) is 15.1 Å². The minimum absolute atomic E-state index is 0.109. The number of benzene rings is 3. The molecule has 2 N–H and O–H groups in total. The van der Waals surface area contributed by atoms with Gasteiger partial charge in [0, 0.05) is 22.0 Å². The molecule has 1 aliphatic rings. The van der Waals surface area contributed by atoms with Crippen LogP contribution in [-0.2, 0) is 9.59 Å². The molecule has 1 aliphatic heterocycles. The quantitative estimate of drug-likeness (QED) is 0.365. The lowest BCUT2D eigenvalue weighted by molar-refractivity contribution is -0.120. The standard InChI is InChI=1S/C23H12Cl4FN3O3/c24-12-3-8-18(16(26)9-12)31-22(33)19(27)20(23(31)34)29-13-4-1-11(2-5-13)21(32)30-14-6-7-17(28)15(25)10-14/h1-10,29H,(H,30,32). The fourth-order valence-electron chi connectivity index (χ4n) is 3.12. The van der Waals surface area contributed by atoms with E-state index in [2.05, 4.69) is 10.6 Å². The summed E-state index contributed by atoms with van der Waals surface area (Å²) in [6.45, 7) is 0. The summed E-state index contributed by atoms with van der Waals surface area (Å²) in [5.74, 6) is -2.50. The van der Waals surface area contributed by atoms with Gasteiger partial charge >= 0.3 is 0 Å². The molecular weight excluding hydrogens is 527 g/mol. The van der Waals surface area contributed by atoms with Gasteiger partial charge in [-0.2, -0.15) is 0 Å². The van der Waals surface area contributed by atoms with Gasteiger partial charge in [-0.25, -0.2) is 9.29 Å². The summed E-state index contributed by atoms with van der Waals surface area (Å²) < 4.78 is 13.3. The van der Waals surface area contributed by atoms with Crippen molar-refractivity contribution < 1.29 is 18.8 Å². The second-order valence-corrected chi connectivity index (χ2v) is 8.64. The highest BCUT2D eigenvalue weighted by Gasteiger charge is 2.39. The molecule has 3 amide bonds. The van der Waals surface area contributed by atoms with E-state index in [4.69, 9.17) is 46.4 Å². The van der Waals surface area contributed by atoms with Gasteiger partial charge in [-0.05, 0) is 60.7 Å². The number of nitrogens with zero attached hydrogens (tertiary/aromatic N) is 1. The zero-order chi connectivity index (χ0) is 24.6. The van der Waals surface area contributed by atoms with Crippen molar-refractivity contribution in [2.24, 2.45) is 0 Å². The highest BCUT2D eigenvalue weighted by atomic mass is 35.5. The second-order valence-electron chi connectivity index (χ2n) is 7.02. The van der Waals surface area contributed by atoms with Gasteiger partial charge in [0.05, 0.1) is 15.7 Å². The molecule has 0 saturated carbocycles. The first-order valence-electron chi connectivity index (χ1n) is 9.53. The molecule has 0 spiro atoms. The number of hydrogen-bond acceptors (Lipinski definition) is 4. The van der Waals surface area contributed by atoms with Gasteiger partial charge in [0.2, 0.25) is 0 Å². The predicted molar refractivity (Wildman–Crippen MR) is 131 cm³/mol. The van der Waals surface area contributed by atoms with Crippen molar-refractivity contribution in [2.75, 3.05) is 15.5 Å². The Hall–Kier alpha value is -3.10. The van der Waals surface area contributed by atoms with Crippen LogP contribution in [0.15, 0.2) is 71.4 Å². The molecule has 6 nitrogen and oxygen atoms in total. The molecule has 0 aliphatic carbocycles. The molecule has 0 bridgehead atoms. The summed E-state index contributed by atoms with van der Waals surface area (Å²) in [4.78, 5) is 38.8. The van der Waals surface area contributed by atoms with Gasteiger partial charge in [0.1, 0.15) is 16.5 Å². The summed E-state index contributed by atoms with van der Waals surface area (Å²) in [5.41, 5.74) is 1.01. The lowest BCUT2D eigenvalue weighted by atomic mass is 10.2. The van der Waals surface area contributed by atoms with Crippen molar-refractivity contribution in [3.8, 4) is 0 Å². The first kappa shape index (κ1) is 24.0. The summed E-state index contributed by atoms with van der Waals surface area (Å²) in [7, 11) is 0. The molecule has 3 aromatic rings. The third kappa shape index (κ3) is 4.74. The van der Waals surface area contributed by atoms with Crippen LogP contribution in [0.5, 0.6) is 0 Å². The molecule has 0 unspecified atom stereocenters. The maximum absolute atomic E-state index is 13.3. The Balaban J connectivity index is 1.49. The maximum atomic E-state index is 13.3. The van der Waals surface area contributed by atoms with Gasteiger partial charge in [0.15, 0.2) is 0 Å². The van der Waals surface area contributed by atoms with E-state index in [0.29, 0.717) is 16.4 Å². The van der Waals surface area contributed by atoms with Crippen molar-refractivity contribution in [1.29, 1.82) is 0 Å². The highest BCUT2D eigenvalue weighted by Crippen LogP contribution is 2.35. The molecule has 0 saturated heterocycles. The number of hydrogen-bond donors (Lipinski definition) is 2. The number of carbonyl (C=O) groups excluding carboxylic acids is 3. The topological polar surface area (TPSA) is 78.5 Å². The molecule has 11 heteroatoms. The largest absolute Gasteiger partial charge is 0.350 e. The number of halogens is 5. The average Bonchev–Trinajstić information content (AvgIpc) is 3.00. The number of anilines is 3. The zero-order valence-electron chi connectivity index (χ0n) is 16.8. The van der Waals surface area contributed by atoms with Crippen LogP contribution in [0, 0.1) is 5.82 Å². The van der Waals surface area contributed by atoms with E-state index in [-0.39, 0.29) is 32.0 Å². The first-order chi connectivity index (χ1) is 16.2. The Bertz CT molecular complexity index is 1380. The van der Waals surface area contributed by atoms with Gasteiger partial charge in [-0.1, -0.05) is 46.4 Å². The zero-order valence-corrected chi connectivity index (χ0v) is 19.9. The number of rotatable bonds is 5. The molecule has 172 valence electrons. The molecule has 3 aromatic carbocycles. The third-order valence-electron chi connectivity index (χ3n) is 4.77. The molecular formula is C23H12Cl4FN3O3. The maximum Gasteiger partial charge on any atom is 0.283 e. The molecule has 4 rings (SSSR count). The summed E-state index contributed by atoms with van der Waals surface area (Å²) in [6, 6.07) is 14.2. The monoisotopic (exact) mass is 537 g/mol. The van der Waals surface area contributed by atoms with Crippen LogP contribution in [0.25, 0.3) is 0 Å². The summed E-state index contributed by atoms with van der Waals surface area (Å²) in [6.07, 6.45) is 0. The Morgan fingerprint density at radius 1 is 0.794 bits per heavy atom. The minimum Gasteiger partial charge on any atom is -0.350 e. The Labute approximate surface area is 212 Å². The number of amides is 3. The lowest BCUT2D eigenvalue weighted by Crippen LogP contribution is -2.32. The van der Waals surface area contributed by atoms with Crippen LogP contribution < -0.4 is 15.5 Å². The Morgan fingerprint density at radius 3 is 2.12 bits per heavy atom. The third-order valence-corrected chi connectivity index (χ3v) is 5.95. The van der Waals surface area contributed by atoms with Gasteiger partial charge in [-0.15, -0.1) is 0 Å². The van der Waals surface area contributed by atoms with E-state index in [9.17, 15) is 18.8 Å². The molecule has 1 heterocycles. The van der Waals surface area contributed by atoms with E-state index < -0.39 is 23.5 Å². The van der Waals surface area contributed by atoms with Crippen molar-refractivity contribution in [2.45, 2.75) is 0 Å². The number of imide groups is 1. The molecule has 0 aromatic heterocycles. The van der Waals surface area contributed by atoms with Crippen molar-refractivity contribution >= 4 is 81.2 Å². The number of carbonyl (C=O) groups is 3. The summed E-state index contributed by atoms with van der Waals surface area (Å²) >= 11 is 23.9. The van der Waals surface area contributed by atoms with Crippen molar-refractivity contribution in [1.82, 2.24) is 0 Å². The van der Waals surface area contributed by atoms with Gasteiger partial charge < -0.3 is 10.6 Å². The SMILES string of the molecule is O=C(Nc1ccc(F)c(Cl)c1)c1ccc(NC2=C(Cl)C(=O)N(c3ccc(Cl)cc3Cl)C2=O)cc1. The van der Waals surface area contributed by atoms with Crippen molar-refractivity contribution in [3.63, 3.8) is 0 Å². The van der Waals surface area contributed by atoms with Crippen molar-refractivity contribution in [3.05, 3.63) is 97.8 Å². The Kier molecular flexibility index (Phi) is 6.81. The first-order valence-corrected chi connectivity index (χ1v) is 11.0. The predicted octanol–water partition coefficient (Wildman–Crippen LogP) is 6.47. The van der Waals surface area contributed by atoms with Gasteiger partial charge in [-0.3, -0.25) is 14.4 Å². The Morgan fingerprint density at radius 2 is 1.47 bits per heavy atom. The fraction of sp³-hybridized carbons (Fsp3) is 0. The van der Waals surface area contributed by atoms with Crippen LogP contribution in [-0.4, -0.2) is 17.7 Å². The van der Waals surface area contributed by atoms with E-state index in [1.807, 2.05) is 0 Å². The summed E-state index contributed by atoms with van der Waals surface area (Å²) in [5, 5.41) is 5.43. The number of nitrogens with one attached hydrogen (secondary N) is 2. The normalized spacial score (nSPS) is 13.5. The highest BCUT2D eigenvalue weighted by molar-refractivity contribution is 6.54. The van der Waals surface area contributed by atoms with E-state index in [0.717, 1.165) is 11.0 Å². The van der Waals surface area contributed by atoms with E-state index >= 15 is 0 Å². The second kappa shape index (κ2) is 9.64. The molecule has 0 fully saturated rings. The molecule has 0 atom stereocenters. The fourth-order valence-corrected chi connectivity index (χ4v) is 4.01. The average molecular weight is 539 g/mol. The molecule has 34 heavy (non-hydrogen) atoms. The van der Waals surface area contributed by atoms with Crippen LogP contribution >= 0.6 is 46.4 Å².